The molecule has 1 fully saturated rings. The minimum atomic E-state index is -0.752. The van der Waals surface area contributed by atoms with Gasteiger partial charge in [0.05, 0.1) is 17.3 Å². The fourth-order valence-corrected chi connectivity index (χ4v) is 4.26. The Morgan fingerprint density at radius 3 is 2.76 bits per heavy atom. The van der Waals surface area contributed by atoms with Crippen LogP contribution in [0.3, 0.4) is 0 Å². The molecule has 0 saturated carbocycles. The lowest BCUT2D eigenvalue weighted by Gasteiger charge is -2.32. The molecule has 0 radical (unpaired) electrons. The molecule has 1 saturated heterocycles. The van der Waals surface area contributed by atoms with Crippen molar-refractivity contribution < 1.29 is 29.4 Å². The molecule has 3 rings (SSSR count). The van der Waals surface area contributed by atoms with Crippen molar-refractivity contribution in [2.24, 2.45) is 5.16 Å². The van der Waals surface area contributed by atoms with Crippen LogP contribution < -0.4 is 0 Å². The number of oxime groups is 1. The molecule has 1 atom stereocenters. The quantitative estimate of drug-likeness (QED) is 0.366. The third kappa shape index (κ3) is 6.76. The molecule has 0 spiro atoms. The van der Waals surface area contributed by atoms with Gasteiger partial charge < -0.3 is 24.7 Å². The van der Waals surface area contributed by atoms with Crippen LogP contribution in [0.5, 0.6) is 11.5 Å². The summed E-state index contributed by atoms with van der Waals surface area (Å²) < 4.78 is 5.28. The number of rotatable bonds is 3. The third-order valence-electron chi connectivity index (χ3n) is 5.87. The number of nitrogens with zero attached hydrogens (tertiary/aromatic N) is 2. The first-order valence-electron chi connectivity index (χ1n) is 11.6. The lowest BCUT2D eigenvalue weighted by Crippen LogP contribution is -2.43. The molecular formula is C25H31ClN2O6. The number of carbonyl (C=O) groups excluding carboxylic acids is 2. The molecular weight excluding hydrogens is 460 g/mol. The number of hydrogen-bond acceptors (Lipinski definition) is 7. The largest absolute Gasteiger partial charge is 0.507 e. The van der Waals surface area contributed by atoms with Crippen LogP contribution in [0, 0.1) is 0 Å². The van der Waals surface area contributed by atoms with E-state index in [2.05, 4.69) is 5.16 Å². The van der Waals surface area contributed by atoms with Gasteiger partial charge in [0, 0.05) is 25.1 Å². The Kier molecular flexibility index (Phi) is 9.39. The highest BCUT2D eigenvalue weighted by Crippen LogP contribution is 2.37. The van der Waals surface area contributed by atoms with Crippen molar-refractivity contribution in [1.82, 2.24) is 4.90 Å². The van der Waals surface area contributed by atoms with Crippen LogP contribution in [0.25, 0.3) is 0 Å². The van der Waals surface area contributed by atoms with Gasteiger partial charge in [-0.05, 0) is 57.1 Å². The van der Waals surface area contributed by atoms with E-state index in [0.717, 1.165) is 38.2 Å². The first kappa shape index (κ1) is 25.6. The van der Waals surface area contributed by atoms with Crippen LogP contribution in [-0.4, -0.2) is 58.5 Å². The fraction of sp³-hybridized carbons (Fsp3) is 0.480. The molecule has 184 valence electrons. The molecule has 8 nitrogen and oxygen atoms in total. The number of fused-ring (bicyclic) bond motifs is 1. The number of benzene rings is 1. The summed E-state index contributed by atoms with van der Waals surface area (Å²) in [5, 5.41) is 24.5. The maximum Gasteiger partial charge on any atom is 0.342 e. The summed E-state index contributed by atoms with van der Waals surface area (Å²) in [6.07, 6.45) is 12.6. The number of allylic oxidation sites excluding steroid dienone is 3. The van der Waals surface area contributed by atoms with E-state index < -0.39 is 11.7 Å². The van der Waals surface area contributed by atoms with Gasteiger partial charge in [0.25, 0.3) is 5.91 Å². The molecule has 2 aliphatic rings. The zero-order valence-electron chi connectivity index (χ0n) is 19.3. The normalized spacial score (nSPS) is 22.9. The van der Waals surface area contributed by atoms with Crippen LogP contribution in [0.15, 0.2) is 35.5 Å². The zero-order chi connectivity index (χ0) is 24.5. The Labute approximate surface area is 204 Å². The summed E-state index contributed by atoms with van der Waals surface area (Å²) in [4.78, 5) is 32.5. The van der Waals surface area contributed by atoms with Gasteiger partial charge in [0.15, 0.2) is 6.61 Å². The Morgan fingerprint density at radius 1 is 1.21 bits per heavy atom. The molecule has 0 bridgehead atoms. The lowest BCUT2D eigenvalue weighted by molar-refractivity contribution is -0.139. The topological polar surface area (TPSA) is 109 Å². The first-order valence-corrected chi connectivity index (χ1v) is 12.0. The SMILES string of the molecule is CC1CCCCN1C(=O)CO/N=C1\C=C\CC/C=C/CCOC(=O)c2c(O)cc(O)c(Cl)c2C1. The van der Waals surface area contributed by atoms with Gasteiger partial charge in [-0.2, -0.15) is 0 Å². The van der Waals surface area contributed by atoms with Crippen molar-refractivity contribution in [2.45, 2.75) is 57.9 Å². The van der Waals surface area contributed by atoms with Gasteiger partial charge in [-0.25, -0.2) is 4.79 Å². The molecule has 1 amide bonds. The number of cyclic esters (lactones) is 1. The monoisotopic (exact) mass is 490 g/mol. The average Bonchev–Trinajstić information content (AvgIpc) is 2.80. The van der Waals surface area contributed by atoms with Crippen LogP contribution in [0.1, 0.15) is 61.4 Å². The first-order chi connectivity index (χ1) is 16.4. The highest BCUT2D eigenvalue weighted by molar-refractivity contribution is 6.33. The van der Waals surface area contributed by atoms with Crippen molar-refractivity contribution in [3.8, 4) is 11.5 Å². The van der Waals surface area contributed by atoms with Crippen LogP contribution in [-0.2, 0) is 20.8 Å². The summed E-state index contributed by atoms with van der Waals surface area (Å²) in [5.74, 6) is -1.70. The number of esters is 1. The summed E-state index contributed by atoms with van der Waals surface area (Å²) in [6, 6.07) is 1.18. The number of phenols is 2. The van der Waals surface area contributed by atoms with E-state index in [9.17, 15) is 19.8 Å². The van der Waals surface area contributed by atoms with E-state index in [1.54, 1.807) is 11.0 Å². The molecule has 2 N–H and O–H groups in total. The Morgan fingerprint density at radius 2 is 1.97 bits per heavy atom. The van der Waals surface area contributed by atoms with Gasteiger partial charge in [-0.3, -0.25) is 4.79 Å². The van der Waals surface area contributed by atoms with Crippen LogP contribution >= 0.6 is 11.6 Å². The minimum absolute atomic E-state index is 0.0220. The molecule has 9 heteroatoms. The molecule has 2 aliphatic heterocycles. The van der Waals surface area contributed by atoms with Crippen molar-refractivity contribution >= 4 is 29.2 Å². The minimum Gasteiger partial charge on any atom is -0.507 e. The van der Waals surface area contributed by atoms with E-state index in [0.29, 0.717) is 18.7 Å². The number of phenolic OH excluding ortho intramolecular Hbond substituents is 2. The molecule has 1 aromatic carbocycles. The Balaban J connectivity index is 1.86. The van der Waals surface area contributed by atoms with E-state index in [1.165, 1.54) is 0 Å². The Bertz CT molecular complexity index is 988. The number of aromatic hydroxyl groups is 2. The summed E-state index contributed by atoms with van der Waals surface area (Å²) >= 11 is 6.31. The smallest absolute Gasteiger partial charge is 0.342 e. The molecule has 34 heavy (non-hydrogen) atoms. The number of halogens is 1. The van der Waals surface area contributed by atoms with Crippen molar-refractivity contribution in [3.05, 3.63) is 46.5 Å². The van der Waals surface area contributed by atoms with Crippen LogP contribution in [0.4, 0.5) is 0 Å². The maximum absolute atomic E-state index is 12.7. The van der Waals surface area contributed by atoms with Crippen molar-refractivity contribution in [3.63, 3.8) is 0 Å². The predicted octanol–water partition coefficient (Wildman–Crippen LogP) is 4.52. The summed E-state index contributed by atoms with van der Waals surface area (Å²) in [6.45, 7) is 2.66. The summed E-state index contributed by atoms with van der Waals surface area (Å²) in [7, 11) is 0. The van der Waals surface area contributed by atoms with Crippen LogP contribution in [0.2, 0.25) is 5.02 Å². The summed E-state index contributed by atoms with van der Waals surface area (Å²) in [5.41, 5.74) is 0.407. The lowest BCUT2D eigenvalue weighted by atomic mass is 9.99. The standard InChI is InChI=1S/C25H31ClN2O6/c1-17-10-7-8-12-28(17)22(31)16-34-27-18-11-6-4-2-3-5-9-13-33-25(32)23-19(14-18)24(26)21(30)15-20(23)29/h3,5-6,11,15,17,29-30H,2,4,7-10,12-14,16H2,1H3/b5-3+,11-6+,27-18+. The molecule has 2 heterocycles. The number of amides is 1. The maximum atomic E-state index is 12.7. The second kappa shape index (κ2) is 12.5. The molecule has 0 aromatic heterocycles. The van der Waals surface area contributed by atoms with Gasteiger partial charge in [0.1, 0.15) is 17.1 Å². The highest BCUT2D eigenvalue weighted by atomic mass is 35.5. The van der Waals surface area contributed by atoms with Gasteiger partial charge in [-0.1, -0.05) is 35.0 Å². The fourth-order valence-electron chi connectivity index (χ4n) is 4.04. The molecule has 0 aliphatic carbocycles. The number of likely N-dealkylation sites (tertiary alicyclic amines) is 1. The number of hydrogen-bond donors (Lipinski definition) is 2. The number of carbonyl (C=O) groups is 2. The zero-order valence-corrected chi connectivity index (χ0v) is 20.1. The van der Waals surface area contributed by atoms with E-state index in [1.807, 2.05) is 25.2 Å². The van der Waals surface area contributed by atoms with Gasteiger partial charge in [0.2, 0.25) is 0 Å². The average molecular weight is 491 g/mol. The number of piperidine rings is 1. The Hall–Kier alpha value is -3.00. The van der Waals surface area contributed by atoms with Crippen molar-refractivity contribution in [2.75, 3.05) is 19.8 Å². The van der Waals surface area contributed by atoms with E-state index in [4.69, 9.17) is 21.2 Å². The highest BCUT2D eigenvalue weighted by Gasteiger charge is 2.25. The number of ether oxygens (including phenoxy) is 1. The molecule has 1 unspecified atom stereocenters. The van der Waals surface area contributed by atoms with E-state index >= 15 is 0 Å². The second-order valence-corrected chi connectivity index (χ2v) is 8.80. The van der Waals surface area contributed by atoms with Crippen molar-refractivity contribution in [1.29, 1.82) is 0 Å². The predicted molar refractivity (Wildman–Crippen MR) is 129 cm³/mol. The van der Waals surface area contributed by atoms with Gasteiger partial charge >= 0.3 is 5.97 Å². The second-order valence-electron chi connectivity index (χ2n) is 8.42. The van der Waals surface area contributed by atoms with E-state index in [-0.39, 0.29) is 53.5 Å². The molecule has 1 aromatic rings. The van der Waals surface area contributed by atoms with Gasteiger partial charge in [-0.15, -0.1) is 0 Å². The third-order valence-corrected chi connectivity index (χ3v) is 6.29.